The van der Waals surface area contributed by atoms with Crippen LogP contribution in [0.1, 0.15) is 81.6 Å². The van der Waals surface area contributed by atoms with Crippen molar-refractivity contribution in [1.29, 1.82) is 0 Å². The first-order chi connectivity index (χ1) is 21.8. The zero-order valence-electron chi connectivity index (χ0n) is 30.0. The van der Waals surface area contributed by atoms with Gasteiger partial charge in [-0.05, 0) is 47.5 Å². The number of hydrogen-bond donors (Lipinski definition) is 5. The molecule has 5 N–H and O–H groups in total. The standard InChI is InChI=1S/C33H61NO13/c1-12-23-33(9,40)28(36)19(3)25(34-44-17-43-14-13-41-10)18(2)15-31(7,39)27(35)20(4)26(21(5)30(38)46-23)47-24-16-32(8,42-11)29(37)22(6)45-24/h18-24,26-29,35-37,39-40H,12-17H2,1-11H3/b34-25+/t18-,19+,20+,21-,22+,23-,24+,26+,27?,28-,29+,31-,32-,33-/m1/s1. The van der Waals surface area contributed by atoms with Gasteiger partial charge in [-0.25, -0.2) is 0 Å². The SMILES string of the molecule is CC[C@H]1OC(=O)[C@H](C)[C@@H](O[C@H]2C[C@@](C)(OC)[C@@H](O)[C@H](C)O2)[C@H](C)C(O)[C@](C)(O)C[C@@H](C)/C(=N\OCOCCOC)[C@H](C)[C@@H](O)[C@]1(C)O. The summed E-state index contributed by atoms with van der Waals surface area (Å²) in [4.78, 5) is 19.2. The summed E-state index contributed by atoms with van der Waals surface area (Å²) in [6.07, 6.45) is -7.37. The molecule has 47 heavy (non-hydrogen) atoms. The van der Waals surface area contributed by atoms with Crippen molar-refractivity contribution in [1.82, 2.24) is 0 Å². The minimum atomic E-state index is -1.93. The van der Waals surface area contributed by atoms with Gasteiger partial charge in [0.2, 0.25) is 6.79 Å². The zero-order valence-corrected chi connectivity index (χ0v) is 30.0. The average molecular weight is 680 g/mol. The molecular formula is C33H61NO13. The number of esters is 1. The molecule has 2 aliphatic heterocycles. The van der Waals surface area contributed by atoms with Gasteiger partial charge in [-0.15, -0.1) is 0 Å². The van der Waals surface area contributed by atoms with Crippen LogP contribution in [0.3, 0.4) is 0 Å². The first-order valence-electron chi connectivity index (χ1n) is 16.6. The fourth-order valence-corrected chi connectivity index (χ4v) is 6.88. The summed E-state index contributed by atoms with van der Waals surface area (Å²) in [6, 6.07) is 0. The fourth-order valence-electron chi connectivity index (χ4n) is 6.88. The van der Waals surface area contributed by atoms with Crippen molar-refractivity contribution in [2.24, 2.45) is 28.8 Å². The van der Waals surface area contributed by atoms with Gasteiger partial charge in [0.25, 0.3) is 0 Å². The molecule has 2 aliphatic rings. The predicted molar refractivity (Wildman–Crippen MR) is 171 cm³/mol. The van der Waals surface area contributed by atoms with Crippen LogP contribution in [0.2, 0.25) is 0 Å². The Labute approximate surface area is 279 Å². The Hall–Kier alpha value is -1.46. The van der Waals surface area contributed by atoms with E-state index in [4.69, 9.17) is 33.3 Å². The van der Waals surface area contributed by atoms with Gasteiger partial charge in [-0.1, -0.05) is 32.9 Å². The van der Waals surface area contributed by atoms with Gasteiger partial charge in [-0.2, -0.15) is 0 Å². The normalized spacial score (nSPS) is 45.3. The summed E-state index contributed by atoms with van der Waals surface area (Å²) in [5.41, 5.74) is -4.39. The van der Waals surface area contributed by atoms with Crippen LogP contribution >= 0.6 is 0 Å². The maximum atomic E-state index is 13.7. The molecule has 2 rings (SSSR count). The smallest absolute Gasteiger partial charge is 0.311 e. The van der Waals surface area contributed by atoms with Crippen LogP contribution in [0.25, 0.3) is 0 Å². The molecule has 14 nitrogen and oxygen atoms in total. The maximum Gasteiger partial charge on any atom is 0.311 e. The van der Waals surface area contributed by atoms with Crippen molar-refractivity contribution >= 4 is 11.7 Å². The number of hydrogen-bond acceptors (Lipinski definition) is 14. The van der Waals surface area contributed by atoms with Crippen LogP contribution in [-0.2, 0) is 38.1 Å². The Morgan fingerprint density at radius 3 is 2.13 bits per heavy atom. The van der Waals surface area contributed by atoms with Gasteiger partial charge in [0.1, 0.15) is 17.8 Å². The summed E-state index contributed by atoms with van der Waals surface area (Å²) >= 11 is 0. The van der Waals surface area contributed by atoms with Crippen LogP contribution in [0.15, 0.2) is 5.16 Å². The molecule has 0 amide bonds. The number of aliphatic hydroxyl groups excluding tert-OH is 3. The van der Waals surface area contributed by atoms with Crippen molar-refractivity contribution in [2.45, 2.75) is 141 Å². The van der Waals surface area contributed by atoms with E-state index < -0.39 is 89.4 Å². The third-order valence-electron chi connectivity index (χ3n) is 10.1. The van der Waals surface area contributed by atoms with E-state index in [0.717, 1.165) is 0 Å². The summed E-state index contributed by atoms with van der Waals surface area (Å²) < 4.78 is 34.1. The van der Waals surface area contributed by atoms with Crippen molar-refractivity contribution in [3.8, 4) is 0 Å². The largest absolute Gasteiger partial charge is 0.459 e. The molecule has 1 unspecified atom stereocenters. The molecule has 276 valence electrons. The number of rotatable bonds is 10. The van der Waals surface area contributed by atoms with Crippen LogP contribution in [0.5, 0.6) is 0 Å². The molecule has 2 heterocycles. The maximum absolute atomic E-state index is 13.7. The number of aliphatic hydroxyl groups is 5. The number of nitrogens with zero attached hydrogens (tertiary/aromatic N) is 1. The summed E-state index contributed by atoms with van der Waals surface area (Å²) in [5.74, 6) is -4.01. The number of oxime groups is 1. The quantitative estimate of drug-likeness (QED) is 0.0971. The lowest BCUT2D eigenvalue weighted by Gasteiger charge is -2.47. The summed E-state index contributed by atoms with van der Waals surface area (Å²) in [5, 5.41) is 61.6. The van der Waals surface area contributed by atoms with Crippen molar-refractivity contribution in [3.05, 3.63) is 0 Å². The molecular weight excluding hydrogens is 618 g/mol. The third-order valence-corrected chi connectivity index (χ3v) is 10.1. The second kappa shape index (κ2) is 17.5. The highest BCUT2D eigenvalue weighted by Crippen LogP contribution is 2.38. The lowest BCUT2D eigenvalue weighted by molar-refractivity contribution is -0.299. The summed E-state index contributed by atoms with van der Waals surface area (Å²) in [7, 11) is 3.02. The predicted octanol–water partition coefficient (Wildman–Crippen LogP) is 1.76. The highest BCUT2D eigenvalue weighted by molar-refractivity contribution is 5.88. The van der Waals surface area contributed by atoms with Gasteiger partial charge >= 0.3 is 5.97 Å². The van der Waals surface area contributed by atoms with E-state index in [1.807, 2.05) is 0 Å². The van der Waals surface area contributed by atoms with E-state index in [-0.39, 0.29) is 32.7 Å². The van der Waals surface area contributed by atoms with E-state index in [1.54, 1.807) is 55.6 Å². The van der Waals surface area contributed by atoms with Crippen molar-refractivity contribution in [2.75, 3.05) is 34.2 Å². The molecule has 14 atom stereocenters. The Balaban J connectivity index is 2.56. The Morgan fingerprint density at radius 1 is 0.915 bits per heavy atom. The van der Waals surface area contributed by atoms with Gasteiger partial charge in [0.15, 0.2) is 6.29 Å². The van der Waals surface area contributed by atoms with Gasteiger partial charge in [0.05, 0.1) is 60.5 Å². The molecule has 0 aromatic carbocycles. The number of ether oxygens (including phenoxy) is 6. The second-order valence-electron chi connectivity index (χ2n) is 14.0. The molecule has 2 saturated heterocycles. The van der Waals surface area contributed by atoms with Crippen molar-refractivity contribution in [3.63, 3.8) is 0 Å². The molecule has 2 fully saturated rings. The van der Waals surface area contributed by atoms with Gasteiger partial charge in [-0.3, -0.25) is 4.79 Å². The minimum Gasteiger partial charge on any atom is -0.459 e. The Morgan fingerprint density at radius 2 is 1.55 bits per heavy atom. The Kier molecular flexibility index (Phi) is 15.5. The molecule has 14 heteroatoms. The minimum absolute atomic E-state index is 0.0297. The van der Waals surface area contributed by atoms with Crippen LogP contribution in [0.4, 0.5) is 0 Å². The molecule has 0 radical (unpaired) electrons. The fraction of sp³-hybridized carbons (Fsp3) is 0.939. The van der Waals surface area contributed by atoms with E-state index >= 15 is 0 Å². The highest BCUT2D eigenvalue weighted by Gasteiger charge is 2.51. The van der Waals surface area contributed by atoms with E-state index in [0.29, 0.717) is 12.3 Å². The second-order valence-corrected chi connectivity index (χ2v) is 14.0. The number of carbonyl (C=O) groups excluding carboxylic acids is 1. The van der Waals surface area contributed by atoms with Crippen LogP contribution < -0.4 is 0 Å². The monoisotopic (exact) mass is 679 g/mol. The van der Waals surface area contributed by atoms with Crippen LogP contribution in [-0.4, -0.2) is 131 Å². The topological polar surface area (TPSA) is 195 Å². The van der Waals surface area contributed by atoms with E-state index in [2.05, 4.69) is 5.16 Å². The lowest BCUT2D eigenvalue weighted by Crippen LogP contribution is -2.59. The van der Waals surface area contributed by atoms with Crippen molar-refractivity contribution < 1.29 is 63.6 Å². The highest BCUT2D eigenvalue weighted by atomic mass is 16.7. The lowest BCUT2D eigenvalue weighted by atomic mass is 9.74. The molecule has 0 spiro atoms. The first-order valence-corrected chi connectivity index (χ1v) is 16.6. The number of methoxy groups -OCH3 is 2. The van der Waals surface area contributed by atoms with Gasteiger partial charge in [0, 0.05) is 38.4 Å². The van der Waals surface area contributed by atoms with Gasteiger partial charge < -0.3 is 58.8 Å². The molecule has 0 aromatic rings. The molecule has 0 aromatic heterocycles. The molecule has 0 bridgehead atoms. The molecule has 0 aliphatic carbocycles. The van der Waals surface area contributed by atoms with E-state index in [9.17, 15) is 30.3 Å². The third kappa shape index (κ3) is 10.1. The summed E-state index contributed by atoms with van der Waals surface area (Å²) in [6.45, 7) is 15.1. The average Bonchev–Trinajstić information content (AvgIpc) is 3.01. The number of carbonyl (C=O) groups is 1. The number of cyclic esters (lactones) is 1. The first kappa shape index (κ1) is 41.7. The molecule has 0 saturated carbocycles. The van der Waals surface area contributed by atoms with Crippen LogP contribution in [0, 0.1) is 23.7 Å². The zero-order chi connectivity index (χ0) is 35.9. The Bertz CT molecular complexity index is 1010. The van der Waals surface area contributed by atoms with E-state index in [1.165, 1.54) is 21.0 Å².